The molecule has 0 bridgehead atoms. The average molecular weight is 376 g/mol. The van der Waals surface area contributed by atoms with Gasteiger partial charge in [-0.1, -0.05) is 20.3 Å². The highest BCUT2D eigenvalue weighted by molar-refractivity contribution is 6.60. The van der Waals surface area contributed by atoms with Crippen molar-refractivity contribution in [1.29, 1.82) is 5.41 Å². The number of imide groups is 1. The Balaban J connectivity index is 2.07. The zero-order chi connectivity index (χ0) is 20.0. The molecular weight excluding hydrogens is 355 g/mol. The number of hydrogen-bond acceptors (Lipinski definition) is 6. The van der Waals surface area contributed by atoms with Crippen molar-refractivity contribution < 1.29 is 18.8 Å². The van der Waals surface area contributed by atoms with Crippen molar-refractivity contribution in [3.63, 3.8) is 0 Å². The van der Waals surface area contributed by atoms with E-state index in [0.29, 0.717) is 12.1 Å². The number of carbonyl (C=O) groups is 3. The Labute approximate surface area is 155 Å². The highest BCUT2D eigenvalue weighted by atomic mass is 19.1. The van der Waals surface area contributed by atoms with Crippen LogP contribution in [0.15, 0.2) is 29.4 Å². The van der Waals surface area contributed by atoms with E-state index in [9.17, 15) is 18.8 Å². The van der Waals surface area contributed by atoms with Gasteiger partial charge in [0.25, 0.3) is 11.8 Å². The molecule has 0 saturated carbocycles. The van der Waals surface area contributed by atoms with Gasteiger partial charge in [-0.3, -0.25) is 20.3 Å². The zero-order valence-electron chi connectivity index (χ0n) is 14.9. The first-order chi connectivity index (χ1) is 12.8. The molecule has 4 amide bonds. The summed E-state index contributed by atoms with van der Waals surface area (Å²) in [4.78, 5) is 36.1. The summed E-state index contributed by atoms with van der Waals surface area (Å²) >= 11 is 0. The van der Waals surface area contributed by atoms with E-state index < -0.39 is 29.2 Å². The Hall–Kier alpha value is -3.30. The van der Waals surface area contributed by atoms with Gasteiger partial charge < -0.3 is 16.0 Å². The minimum absolute atomic E-state index is 0.151. The third-order valence-electron chi connectivity index (χ3n) is 4.47. The first kappa shape index (κ1) is 20.0. The largest absolute Gasteiger partial charge is 0.348 e. The van der Waals surface area contributed by atoms with Gasteiger partial charge >= 0.3 is 6.03 Å². The maximum Gasteiger partial charge on any atom is 0.322 e. The van der Waals surface area contributed by atoms with Gasteiger partial charge in [0.05, 0.1) is 18.4 Å². The summed E-state index contributed by atoms with van der Waals surface area (Å²) in [7, 11) is 0. The average Bonchev–Trinajstić information content (AvgIpc) is 2.95. The van der Waals surface area contributed by atoms with Crippen LogP contribution in [-0.2, 0) is 9.59 Å². The lowest BCUT2D eigenvalue weighted by atomic mass is 9.83. The molecule has 1 heterocycles. The molecule has 5 N–H and O–H groups in total. The van der Waals surface area contributed by atoms with Crippen LogP contribution in [0.5, 0.6) is 0 Å². The lowest BCUT2D eigenvalue weighted by Gasteiger charge is -2.31. The van der Waals surface area contributed by atoms with Gasteiger partial charge in [0.1, 0.15) is 11.4 Å². The molecule has 2 rings (SSSR count). The lowest BCUT2D eigenvalue weighted by molar-refractivity contribution is -0.126. The van der Waals surface area contributed by atoms with E-state index in [1.165, 1.54) is 24.3 Å². The summed E-state index contributed by atoms with van der Waals surface area (Å²) < 4.78 is 12.9. The number of halogens is 1. The highest BCUT2D eigenvalue weighted by Gasteiger charge is 2.49. The van der Waals surface area contributed by atoms with E-state index in [4.69, 9.17) is 5.41 Å². The fourth-order valence-corrected chi connectivity index (χ4v) is 2.61. The van der Waals surface area contributed by atoms with Crippen LogP contribution in [0.3, 0.4) is 0 Å². The van der Waals surface area contributed by atoms with Gasteiger partial charge in [0, 0.05) is 0 Å². The van der Waals surface area contributed by atoms with E-state index in [0.717, 1.165) is 6.21 Å². The molecule has 1 aromatic rings. The van der Waals surface area contributed by atoms with Crippen LogP contribution in [0.4, 0.5) is 14.9 Å². The number of hydrogen-bond donors (Lipinski definition) is 5. The van der Waals surface area contributed by atoms with Crippen molar-refractivity contribution in [3.05, 3.63) is 30.1 Å². The number of benzene rings is 1. The lowest BCUT2D eigenvalue weighted by Crippen LogP contribution is -2.60. The topological polar surface area (TPSA) is 136 Å². The van der Waals surface area contributed by atoms with Gasteiger partial charge in [-0.05, 0) is 30.2 Å². The van der Waals surface area contributed by atoms with E-state index in [-0.39, 0.29) is 18.2 Å². The van der Waals surface area contributed by atoms with Crippen molar-refractivity contribution in [2.45, 2.75) is 25.8 Å². The predicted octanol–water partition coefficient (Wildman–Crippen LogP) is 0.984. The molecule has 1 saturated heterocycles. The Morgan fingerprint density at radius 3 is 2.56 bits per heavy atom. The van der Waals surface area contributed by atoms with E-state index in [1.54, 1.807) is 6.92 Å². The SMILES string of the molecule is CCC(C)C1(CNC(=O)/C(C=N)=N/Nc2ccc(F)cc2)NC(=O)NC1=O. The van der Waals surface area contributed by atoms with Crippen LogP contribution in [0.25, 0.3) is 0 Å². The van der Waals surface area contributed by atoms with Crippen LogP contribution in [0.2, 0.25) is 0 Å². The molecule has 0 radical (unpaired) electrons. The molecule has 10 heteroatoms. The molecular formula is C17H21FN6O3. The molecule has 0 aromatic heterocycles. The molecule has 2 unspecified atom stereocenters. The molecule has 0 aliphatic carbocycles. The minimum atomic E-state index is -1.26. The molecule has 9 nitrogen and oxygen atoms in total. The van der Waals surface area contributed by atoms with Gasteiger partial charge in [-0.2, -0.15) is 5.10 Å². The maximum absolute atomic E-state index is 12.9. The van der Waals surface area contributed by atoms with Crippen molar-refractivity contribution in [3.8, 4) is 0 Å². The maximum atomic E-state index is 12.9. The first-order valence-corrected chi connectivity index (χ1v) is 8.34. The van der Waals surface area contributed by atoms with Gasteiger partial charge in [-0.15, -0.1) is 0 Å². The quantitative estimate of drug-likeness (QED) is 0.262. The molecule has 1 aliphatic rings. The third kappa shape index (κ3) is 4.46. The summed E-state index contributed by atoms with van der Waals surface area (Å²) in [5.74, 6) is -1.86. The summed E-state index contributed by atoms with van der Waals surface area (Å²) in [6, 6.07) is 4.68. The summed E-state index contributed by atoms with van der Waals surface area (Å²) in [6.45, 7) is 3.50. The van der Waals surface area contributed by atoms with Gasteiger partial charge in [0.15, 0.2) is 5.71 Å². The third-order valence-corrected chi connectivity index (χ3v) is 4.47. The second-order valence-corrected chi connectivity index (χ2v) is 6.13. The Kier molecular flexibility index (Phi) is 6.22. The second kappa shape index (κ2) is 8.39. The number of carbonyl (C=O) groups excluding carboxylic acids is 3. The molecule has 1 fully saturated rings. The van der Waals surface area contributed by atoms with Crippen LogP contribution in [0.1, 0.15) is 20.3 Å². The summed E-state index contributed by atoms with van der Waals surface area (Å²) in [6.07, 6.45) is 1.34. The normalized spacial score (nSPS) is 20.5. The molecule has 0 spiro atoms. The van der Waals surface area contributed by atoms with Crippen molar-refractivity contribution in [1.82, 2.24) is 16.0 Å². The van der Waals surface area contributed by atoms with E-state index in [2.05, 4.69) is 26.5 Å². The smallest absolute Gasteiger partial charge is 0.322 e. The van der Waals surface area contributed by atoms with Crippen molar-refractivity contribution in [2.75, 3.05) is 12.0 Å². The van der Waals surface area contributed by atoms with Gasteiger partial charge in [-0.25, -0.2) is 9.18 Å². The molecule has 2 atom stereocenters. The fourth-order valence-electron chi connectivity index (χ4n) is 2.61. The summed E-state index contributed by atoms with van der Waals surface area (Å²) in [5.41, 5.74) is 1.47. The number of anilines is 1. The predicted molar refractivity (Wildman–Crippen MR) is 98.1 cm³/mol. The van der Waals surface area contributed by atoms with Crippen molar-refractivity contribution >= 4 is 35.5 Å². The van der Waals surface area contributed by atoms with Crippen LogP contribution < -0.4 is 21.4 Å². The molecule has 1 aromatic carbocycles. The number of nitrogens with one attached hydrogen (secondary N) is 5. The Bertz CT molecular complexity index is 779. The standard InChI is InChI=1S/C17H21FN6O3/c1-3-10(2)17(15(26)21-16(27)22-17)9-20-14(25)13(8-19)24-23-12-6-4-11(18)5-7-12/h4-8,10,19,23H,3,9H2,1-2H3,(H,20,25)(H2,21,22,26,27)/b19-8?,24-13+. The van der Waals surface area contributed by atoms with E-state index >= 15 is 0 Å². The Morgan fingerprint density at radius 1 is 1.37 bits per heavy atom. The second-order valence-electron chi connectivity index (χ2n) is 6.13. The number of nitrogens with zero attached hydrogens (tertiary/aromatic N) is 1. The van der Waals surface area contributed by atoms with E-state index in [1.807, 2.05) is 6.92 Å². The highest BCUT2D eigenvalue weighted by Crippen LogP contribution is 2.23. The Morgan fingerprint density at radius 2 is 2.04 bits per heavy atom. The van der Waals surface area contributed by atoms with Crippen molar-refractivity contribution in [2.24, 2.45) is 11.0 Å². The molecule has 1 aliphatic heterocycles. The summed E-state index contributed by atoms with van der Waals surface area (Å²) in [5, 5.41) is 18.5. The van der Waals surface area contributed by atoms with Crippen LogP contribution in [0, 0.1) is 17.1 Å². The molecule has 27 heavy (non-hydrogen) atoms. The molecule has 144 valence electrons. The van der Waals surface area contributed by atoms with Crippen LogP contribution in [-0.4, -0.2) is 41.9 Å². The number of urea groups is 1. The van der Waals surface area contributed by atoms with Gasteiger partial charge in [0.2, 0.25) is 0 Å². The van der Waals surface area contributed by atoms with Crippen LogP contribution >= 0.6 is 0 Å². The fraction of sp³-hybridized carbons (Fsp3) is 0.353. The number of hydrazone groups is 1. The monoisotopic (exact) mass is 376 g/mol. The zero-order valence-corrected chi connectivity index (χ0v) is 14.9. The number of rotatable bonds is 8. The number of amides is 4. The minimum Gasteiger partial charge on any atom is -0.348 e. The first-order valence-electron chi connectivity index (χ1n) is 8.34.